The average molecular weight is 436 g/mol. The van der Waals surface area contributed by atoms with Gasteiger partial charge in [0.05, 0.1) is 17.5 Å². The van der Waals surface area contributed by atoms with E-state index in [1.807, 2.05) is 60.7 Å². The van der Waals surface area contributed by atoms with Gasteiger partial charge in [0, 0.05) is 23.2 Å². The van der Waals surface area contributed by atoms with Crippen LogP contribution in [0.3, 0.4) is 0 Å². The van der Waals surface area contributed by atoms with Crippen molar-refractivity contribution in [2.75, 3.05) is 5.32 Å². The van der Waals surface area contributed by atoms with Gasteiger partial charge in [-0.3, -0.25) is 9.59 Å². The summed E-state index contributed by atoms with van der Waals surface area (Å²) in [5.74, 6) is -3.51. The number of rotatable bonds is 5. The summed E-state index contributed by atoms with van der Waals surface area (Å²) in [6, 6.07) is 24.1. The van der Waals surface area contributed by atoms with Crippen LogP contribution >= 0.6 is 0 Å². The van der Waals surface area contributed by atoms with E-state index in [0.717, 1.165) is 22.5 Å². The number of nitrogens with one attached hydrogen (secondary N) is 1. The zero-order valence-corrected chi connectivity index (χ0v) is 17.3. The Morgan fingerprint density at radius 1 is 1.00 bits per heavy atom. The molecule has 0 spiro atoms. The highest BCUT2D eigenvalue weighted by atomic mass is 19.1. The number of aromatic nitrogens is 2. The van der Waals surface area contributed by atoms with Gasteiger partial charge in [0.1, 0.15) is 11.5 Å². The van der Waals surface area contributed by atoms with E-state index in [1.165, 1.54) is 24.3 Å². The van der Waals surface area contributed by atoms with Crippen LogP contribution in [0.4, 0.5) is 10.1 Å². The quantitative estimate of drug-likeness (QED) is 0.324. The first kappa shape index (κ1) is 20.3. The summed E-state index contributed by atoms with van der Waals surface area (Å²) in [6.07, 6.45) is 0.483. The van der Waals surface area contributed by atoms with Gasteiger partial charge in [-0.1, -0.05) is 42.5 Å². The van der Waals surface area contributed by atoms with Crippen LogP contribution in [0.25, 0.3) is 16.9 Å². The predicted octanol–water partition coefficient (Wildman–Crippen LogP) is 4.54. The summed E-state index contributed by atoms with van der Waals surface area (Å²) in [6.45, 7) is 0. The van der Waals surface area contributed by atoms with Gasteiger partial charge >= 0.3 is 0 Å². The zero-order valence-electron chi connectivity index (χ0n) is 17.3. The molecule has 1 N–H and O–H groups in total. The van der Waals surface area contributed by atoms with Crippen LogP contribution in [-0.2, 0) is 11.2 Å². The van der Waals surface area contributed by atoms with E-state index in [9.17, 15) is 19.2 Å². The molecule has 0 radical (unpaired) electrons. The SMILES string of the molecule is N#CC(C(=O)Nc1ccc(F)cc1)C(=O)c1nn(-c2ccccc2)c2c1Cc1ccccc1-2. The van der Waals surface area contributed by atoms with Crippen LogP contribution in [0.2, 0.25) is 0 Å². The summed E-state index contributed by atoms with van der Waals surface area (Å²) in [5.41, 5.74) is 4.66. The highest BCUT2D eigenvalue weighted by Gasteiger charge is 2.36. The lowest BCUT2D eigenvalue weighted by atomic mass is 9.98. The van der Waals surface area contributed by atoms with E-state index >= 15 is 0 Å². The summed E-state index contributed by atoms with van der Waals surface area (Å²) < 4.78 is 14.8. The maximum Gasteiger partial charge on any atom is 0.249 e. The summed E-state index contributed by atoms with van der Waals surface area (Å²) in [5, 5.41) is 16.7. The van der Waals surface area contributed by atoms with Crippen molar-refractivity contribution >= 4 is 17.4 Å². The number of fused-ring (bicyclic) bond motifs is 3. The molecule has 0 saturated heterocycles. The van der Waals surface area contributed by atoms with Crippen molar-refractivity contribution in [3.05, 3.63) is 102 Å². The van der Waals surface area contributed by atoms with Crippen LogP contribution in [0, 0.1) is 23.1 Å². The number of nitrogens with zero attached hydrogens (tertiary/aromatic N) is 3. The van der Waals surface area contributed by atoms with Gasteiger partial charge in [-0.05, 0) is 42.0 Å². The maximum atomic E-state index is 13.4. The molecule has 1 amide bonds. The Morgan fingerprint density at radius 3 is 2.42 bits per heavy atom. The van der Waals surface area contributed by atoms with Crippen molar-refractivity contribution in [3.63, 3.8) is 0 Å². The molecule has 0 bridgehead atoms. The summed E-state index contributed by atoms with van der Waals surface area (Å²) >= 11 is 0. The number of halogens is 1. The number of Topliss-reactive ketones (excluding diaryl/α,β-unsaturated/α-hetero) is 1. The van der Waals surface area contributed by atoms with Crippen molar-refractivity contribution in [2.24, 2.45) is 5.92 Å². The van der Waals surface area contributed by atoms with Crippen LogP contribution in [0.5, 0.6) is 0 Å². The summed E-state index contributed by atoms with van der Waals surface area (Å²) in [7, 11) is 0. The lowest BCUT2D eigenvalue weighted by Gasteiger charge is -2.09. The van der Waals surface area contributed by atoms with Gasteiger partial charge in [0.15, 0.2) is 5.92 Å². The maximum absolute atomic E-state index is 13.4. The molecule has 1 heterocycles. The Bertz CT molecular complexity index is 1420. The minimum atomic E-state index is -1.60. The van der Waals surface area contributed by atoms with Gasteiger partial charge in [-0.25, -0.2) is 9.07 Å². The number of carbonyl (C=O) groups is 2. The second-order valence-electron chi connectivity index (χ2n) is 7.68. The van der Waals surface area contributed by atoms with Gasteiger partial charge in [-0.15, -0.1) is 0 Å². The molecular weight excluding hydrogens is 419 g/mol. The second-order valence-corrected chi connectivity index (χ2v) is 7.68. The Balaban J connectivity index is 1.54. The topological polar surface area (TPSA) is 87.8 Å². The molecule has 1 atom stereocenters. The molecule has 3 aromatic carbocycles. The first-order chi connectivity index (χ1) is 16.1. The zero-order chi connectivity index (χ0) is 22.9. The number of amides is 1. The third-order valence-corrected chi connectivity index (χ3v) is 5.62. The first-order valence-corrected chi connectivity index (χ1v) is 10.3. The minimum Gasteiger partial charge on any atom is -0.325 e. The first-order valence-electron chi connectivity index (χ1n) is 10.3. The normalized spacial score (nSPS) is 12.4. The molecule has 5 rings (SSSR count). The Labute approximate surface area is 188 Å². The lowest BCUT2D eigenvalue weighted by Crippen LogP contribution is -2.29. The van der Waals surface area contributed by atoms with Crippen LogP contribution < -0.4 is 5.32 Å². The van der Waals surface area contributed by atoms with E-state index in [1.54, 1.807) is 4.68 Å². The number of ketones is 1. The number of carbonyl (C=O) groups excluding carboxylic acids is 2. The fourth-order valence-electron chi connectivity index (χ4n) is 4.07. The van der Waals surface area contributed by atoms with Gasteiger partial charge < -0.3 is 5.32 Å². The third-order valence-electron chi connectivity index (χ3n) is 5.62. The number of hydrogen-bond donors (Lipinski definition) is 1. The molecule has 0 aliphatic heterocycles. The van der Waals surface area contributed by atoms with E-state index < -0.39 is 23.4 Å². The monoisotopic (exact) mass is 436 g/mol. The largest absolute Gasteiger partial charge is 0.325 e. The molecule has 4 aromatic rings. The fraction of sp³-hybridized carbons (Fsp3) is 0.0769. The molecule has 6 nitrogen and oxygen atoms in total. The fourth-order valence-corrected chi connectivity index (χ4v) is 4.07. The second kappa shape index (κ2) is 8.17. The van der Waals surface area contributed by atoms with Gasteiger partial charge in [0.25, 0.3) is 0 Å². The number of para-hydroxylation sites is 1. The van der Waals surface area contributed by atoms with Crippen molar-refractivity contribution in [2.45, 2.75) is 6.42 Å². The molecule has 1 aromatic heterocycles. The molecule has 0 fully saturated rings. The highest BCUT2D eigenvalue weighted by Crippen LogP contribution is 2.40. The van der Waals surface area contributed by atoms with Crippen molar-refractivity contribution < 1.29 is 14.0 Å². The number of anilines is 1. The number of hydrogen-bond acceptors (Lipinski definition) is 4. The van der Waals surface area contributed by atoms with E-state index in [0.29, 0.717) is 17.7 Å². The highest BCUT2D eigenvalue weighted by molar-refractivity contribution is 6.16. The molecule has 1 aliphatic carbocycles. The predicted molar refractivity (Wildman–Crippen MR) is 120 cm³/mol. The van der Waals surface area contributed by atoms with Gasteiger partial charge in [-0.2, -0.15) is 10.4 Å². The standard InChI is InChI=1S/C26H17FN4O2/c27-17-10-12-18(13-11-17)29-26(33)22(15-28)25(32)23-21-14-16-6-4-5-9-20(16)24(21)31(30-23)19-7-2-1-3-8-19/h1-13,22H,14H2,(H,29,33). The molecule has 7 heteroatoms. The minimum absolute atomic E-state index is 0.103. The molecule has 33 heavy (non-hydrogen) atoms. The van der Waals surface area contributed by atoms with E-state index in [2.05, 4.69) is 10.4 Å². The molecule has 160 valence electrons. The third kappa shape index (κ3) is 3.58. The Kier molecular flexibility index (Phi) is 5.04. The Hall–Kier alpha value is -4.57. The van der Waals surface area contributed by atoms with Gasteiger partial charge in [0.2, 0.25) is 11.7 Å². The molecule has 0 saturated carbocycles. The molecule has 1 unspecified atom stereocenters. The van der Waals surface area contributed by atoms with Crippen molar-refractivity contribution in [3.8, 4) is 23.0 Å². The smallest absolute Gasteiger partial charge is 0.249 e. The molecular formula is C26H17FN4O2. The van der Waals surface area contributed by atoms with Crippen LogP contribution in [0.15, 0.2) is 78.9 Å². The number of nitriles is 1. The van der Waals surface area contributed by atoms with E-state index in [4.69, 9.17) is 0 Å². The van der Waals surface area contributed by atoms with Crippen LogP contribution in [0.1, 0.15) is 21.6 Å². The lowest BCUT2D eigenvalue weighted by molar-refractivity contribution is -0.117. The van der Waals surface area contributed by atoms with Crippen LogP contribution in [-0.4, -0.2) is 21.5 Å². The number of benzene rings is 3. The average Bonchev–Trinajstić information content (AvgIpc) is 3.39. The van der Waals surface area contributed by atoms with Crippen molar-refractivity contribution in [1.29, 1.82) is 5.26 Å². The molecule has 1 aliphatic rings. The van der Waals surface area contributed by atoms with Crippen molar-refractivity contribution in [1.82, 2.24) is 9.78 Å². The Morgan fingerprint density at radius 2 is 1.70 bits per heavy atom. The summed E-state index contributed by atoms with van der Waals surface area (Å²) in [4.78, 5) is 26.2. The van der Waals surface area contributed by atoms with E-state index in [-0.39, 0.29) is 5.69 Å².